The second-order valence-electron chi connectivity index (χ2n) is 7.35. The van der Waals surface area contributed by atoms with Gasteiger partial charge in [0.1, 0.15) is 0 Å². The third-order valence-corrected chi connectivity index (χ3v) is 5.14. The number of aromatic amines is 1. The van der Waals surface area contributed by atoms with Crippen LogP contribution in [0, 0.1) is 5.41 Å². The minimum absolute atomic E-state index is 0.0727. The number of piperidine rings is 1. The summed E-state index contributed by atoms with van der Waals surface area (Å²) in [5.74, 6) is -0.0861. The zero-order valence-electron chi connectivity index (χ0n) is 14.8. The molecule has 0 aliphatic carbocycles. The van der Waals surface area contributed by atoms with E-state index in [-0.39, 0.29) is 17.4 Å². The van der Waals surface area contributed by atoms with Gasteiger partial charge in [0.15, 0.2) is 0 Å². The van der Waals surface area contributed by atoms with Gasteiger partial charge in [0.25, 0.3) is 5.91 Å². The molecule has 2 aromatic rings. The number of H-pyrrole nitrogens is 1. The van der Waals surface area contributed by atoms with Gasteiger partial charge in [-0.3, -0.25) is 14.4 Å². The molecule has 1 aromatic heterocycles. The monoisotopic (exact) mass is 344 g/mol. The lowest BCUT2D eigenvalue weighted by molar-refractivity contribution is 0.0533. The van der Waals surface area contributed by atoms with Crippen molar-refractivity contribution in [2.45, 2.75) is 39.8 Å². The largest absolute Gasteiger partial charge is 0.338 e. The Labute approximate surface area is 145 Å². The number of nitrogens with one attached hydrogen (secondary N) is 1. The fourth-order valence-corrected chi connectivity index (χ4v) is 3.46. The Kier molecular flexibility index (Phi) is 4.28. The van der Waals surface area contributed by atoms with E-state index in [1.807, 2.05) is 0 Å². The van der Waals surface area contributed by atoms with Crippen LogP contribution in [0.4, 0.5) is 0 Å². The first-order valence-corrected chi connectivity index (χ1v) is 8.56. The molecule has 1 aromatic carbocycles. The minimum Gasteiger partial charge on any atom is -0.338 e. The summed E-state index contributed by atoms with van der Waals surface area (Å²) in [4.78, 5) is 41.0. The molecule has 0 spiro atoms. The molecule has 1 aliphatic rings. The quantitative estimate of drug-likeness (QED) is 0.791. The summed E-state index contributed by atoms with van der Waals surface area (Å²) in [7, 11) is 0. The summed E-state index contributed by atoms with van der Waals surface area (Å²) in [5.41, 5.74) is 6.35. The average Bonchev–Trinajstić information content (AvgIpc) is 2.57. The van der Waals surface area contributed by atoms with Crippen LogP contribution in [0.15, 0.2) is 27.8 Å². The summed E-state index contributed by atoms with van der Waals surface area (Å²) >= 11 is 0. The van der Waals surface area contributed by atoms with Crippen molar-refractivity contribution < 1.29 is 4.79 Å². The maximum Gasteiger partial charge on any atom is 0.316 e. The van der Waals surface area contributed by atoms with Crippen LogP contribution in [0.2, 0.25) is 0 Å². The highest BCUT2D eigenvalue weighted by molar-refractivity contribution is 5.97. The summed E-state index contributed by atoms with van der Waals surface area (Å²) in [5, 5.41) is 0. The molecule has 0 saturated carbocycles. The molecule has 1 saturated heterocycles. The number of nitrogens with zero attached hydrogens (tertiary/aromatic N) is 2. The Morgan fingerprint density at radius 2 is 2.08 bits per heavy atom. The van der Waals surface area contributed by atoms with E-state index < -0.39 is 11.1 Å². The summed E-state index contributed by atoms with van der Waals surface area (Å²) in [6.07, 6.45) is 0.762. The van der Waals surface area contributed by atoms with Gasteiger partial charge in [0.2, 0.25) is 0 Å². The van der Waals surface area contributed by atoms with E-state index in [9.17, 15) is 14.4 Å². The highest BCUT2D eigenvalue weighted by Crippen LogP contribution is 2.28. The molecule has 1 fully saturated rings. The van der Waals surface area contributed by atoms with E-state index in [1.54, 1.807) is 30.0 Å². The van der Waals surface area contributed by atoms with Crippen LogP contribution in [-0.4, -0.2) is 39.5 Å². The zero-order chi connectivity index (χ0) is 18.4. The van der Waals surface area contributed by atoms with Gasteiger partial charge in [-0.25, -0.2) is 0 Å². The molecule has 0 bridgehead atoms. The van der Waals surface area contributed by atoms with Crippen LogP contribution < -0.4 is 16.9 Å². The van der Waals surface area contributed by atoms with Crippen molar-refractivity contribution >= 4 is 16.9 Å². The van der Waals surface area contributed by atoms with Crippen molar-refractivity contribution in [1.29, 1.82) is 0 Å². The zero-order valence-corrected chi connectivity index (χ0v) is 14.8. The maximum atomic E-state index is 12.9. The summed E-state index contributed by atoms with van der Waals surface area (Å²) in [6.45, 7) is 7.54. The second-order valence-corrected chi connectivity index (χ2v) is 7.35. The van der Waals surface area contributed by atoms with Crippen LogP contribution in [0.3, 0.4) is 0 Å². The number of aryl methyl sites for hydroxylation is 1. The molecule has 1 unspecified atom stereocenters. The van der Waals surface area contributed by atoms with E-state index in [1.165, 1.54) is 4.57 Å². The number of fused-ring (bicyclic) bond motifs is 1. The Morgan fingerprint density at radius 3 is 2.72 bits per heavy atom. The van der Waals surface area contributed by atoms with Crippen LogP contribution >= 0.6 is 0 Å². The first-order chi connectivity index (χ1) is 11.7. The van der Waals surface area contributed by atoms with Gasteiger partial charge in [-0.1, -0.05) is 13.8 Å². The van der Waals surface area contributed by atoms with E-state index in [0.29, 0.717) is 36.2 Å². The number of likely N-dealkylation sites (tertiary alicyclic amines) is 1. The number of carbonyl (C=O) groups excluding carboxylic acids is 1. The van der Waals surface area contributed by atoms with Crippen molar-refractivity contribution in [1.82, 2.24) is 14.5 Å². The summed E-state index contributed by atoms with van der Waals surface area (Å²) < 4.78 is 1.41. The third-order valence-electron chi connectivity index (χ3n) is 5.14. The molecular weight excluding hydrogens is 320 g/mol. The first-order valence-electron chi connectivity index (χ1n) is 8.56. The molecule has 1 atom stereocenters. The van der Waals surface area contributed by atoms with Gasteiger partial charge in [0, 0.05) is 31.2 Å². The molecule has 25 heavy (non-hydrogen) atoms. The van der Waals surface area contributed by atoms with Crippen molar-refractivity contribution in [2.24, 2.45) is 11.1 Å². The molecule has 3 rings (SSSR count). The predicted molar refractivity (Wildman–Crippen MR) is 96.8 cm³/mol. The Hall–Kier alpha value is -2.41. The standard InChI is InChI=1S/C18H24N4O3/c1-4-22-13-6-5-11(9-12(13)20-15(23)17(22)25)16(24)21-8-7-14(19)18(2,3)10-21/h5-6,9,14H,4,7-8,10,19H2,1-3H3,(H,20,23). The van der Waals surface area contributed by atoms with Crippen molar-refractivity contribution in [2.75, 3.05) is 13.1 Å². The molecule has 0 radical (unpaired) electrons. The minimum atomic E-state index is -0.677. The van der Waals surface area contributed by atoms with Crippen LogP contribution in [0.1, 0.15) is 37.6 Å². The average molecular weight is 344 g/mol. The fourth-order valence-electron chi connectivity index (χ4n) is 3.46. The van der Waals surface area contributed by atoms with Gasteiger partial charge in [-0.15, -0.1) is 0 Å². The van der Waals surface area contributed by atoms with Gasteiger partial charge in [-0.2, -0.15) is 0 Å². The van der Waals surface area contributed by atoms with Gasteiger partial charge >= 0.3 is 11.1 Å². The second kappa shape index (κ2) is 6.15. The number of hydrogen-bond donors (Lipinski definition) is 2. The molecule has 1 aliphatic heterocycles. The van der Waals surface area contributed by atoms with E-state index >= 15 is 0 Å². The van der Waals surface area contributed by atoms with Crippen molar-refractivity contribution in [3.8, 4) is 0 Å². The molecule has 134 valence electrons. The number of amides is 1. The lowest BCUT2D eigenvalue weighted by atomic mass is 9.79. The number of carbonyl (C=O) groups is 1. The van der Waals surface area contributed by atoms with Gasteiger partial charge in [-0.05, 0) is 37.0 Å². The number of rotatable bonds is 2. The van der Waals surface area contributed by atoms with Crippen molar-refractivity contribution in [3.63, 3.8) is 0 Å². The highest BCUT2D eigenvalue weighted by Gasteiger charge is 2.35. The van der Waals surface area contributed by atoms with Gasteiger partial charge < -0.3 is 20.2 Å². The van der Waals surface area contributed by atoms with Gasteiger partial charge in [0.05, 0.1) is 11.0 Å². The van der Waals surface area contributed by atoms with E-state index in [0.717, 1.165) is 6.42 Å². The van der Waals surface area contributed by atoms with Crippen LogP contribution in [0.25, 0.3) is 11.0 Å². The smallest absolute Gasteiger partial charge is 0.316 e. The summed E-state index contributed by atoms with van der Waals surface area (Å²) in [6, 6.07) is 5.13. The SMILES string of the molecule is CCn1c(=O)c(=O)[nH]c2cc(C(=O)N3CCC(N)C(C)(C)C3)ccc21. The first kappa shape index (κ1) is 17.4. The molecule has 7 heteroatoms. The van der Waals surface area contributed by atoms with E-state index in [2.05, 4.69) is 18.8 Å². The molecule has 2 heterocycles. The van der Waals surface area contributed by atoms with Crippen LogP contribution in [-0.2, 0) is 6.54 Å². The number of nitrogens with two attached hydrogens (primary N) is 1. The number of aromatic nitrogens is 2. The molecule has 1 amide bonds. The lowest BCUT2D eigenvalue weighted by Crippen LogP contribution is -2.54. The van der Waals surface area contributed by atoms with E-state index in [4.69, 9.17) is 5.73 Å². The topological polar surface area (TPSA) is 101 Å². The normalized spacial score (nSPS) is 20.0. The lowest BCUT2D eigenvalue weighted by Gasteiger charge is -2.42. The predicted octanol–water partition coefficient (Wildman–Crippen LogP) is 0.909. The fraction of sp³-hybridized carbons (Fsp3) is 0.500. The van der Waals surface area contributed by atoms with Crippen molar-refractivity contribution in [3.05, 3.63) is 44.5 Å². The number of benzene rings is 1. The Bertz CT molecular complexity index is 941. The van der Waals surface area contributed by atoms with Crippen LogP contribution in [0.5, 0.6) is 0 Å². The highest BCUT2D eigenvalue weighted by atomic mass is 16.2. The molecule has 7 nitrogen and oxygen atoms in total. The Morgan fingerprint density at radius 1 is 1.36 bits per heavy atom. The maximum absolute atomic E-state index is 12.9. The number of hydrogen-bond acceptors (Lipinski definition) is 4. The Balaban J connectivity index is 2.00. The molecular formula is C18H24N4O3. The third kappa shape index (κ3) is 3.00. The molecule has 3 N–H and O–H groups in total.